The van der Waals surface area contributed by atoms with Crippen LogP contribution in [0.5, 0.6) is 0 Å². The Morgan fingerprint density at radius 1 is 0.500 bits per heavy atom. The number of para-hydroxylation sites is 1. The van der Waals surface area contributed by atoms with Gasteiger partial charge >= 0.3 is 0 Å². The van der Waals surface area contributed by atoms with Gasteiger partial charge in [0, 0.05) is 36.7 Å². The van der Waals surface area contributed by atoms with Crippen molar-refractivity contribution in [1.82, 2.24) is 0 Å². The van der Waals surface area contributed by atoms with Crippen molar-refractivity contribution in [2.24, 2.45) is 0 Å². The molecule has 7 aromatic rings. The third-order valence-electron chi connectivity index (χ3n) is 6.98. The minimum Gasteiger partial charge on any atom is -0.453 e. The molecule has 38 heavy (non-hydrogen) atoms. The Labute approximate surface area is 237 Å². The molecule has 0 spiro atoms. The molecule has 0 radical (unpaired) electrons. The van der Waals surface area contributed by atoms with E-state index in [-0.39, 0.29) is 0 Å². The van der Waals surface area contributed by atoms with E-state index in [2.05, 4.69) is 152 Å². The van der Waals surface area contributed by atoms with Crippen LogP contribution in [-0.2, 0) is 0 Å². The Morgan fingerprint density at radius 3 is 1.89 bits per heavy atom. The molecule has 0 unspecified atom stereocenters. The molecule has 0 atom stereocenters. The van der Waals surface area contributed by atoms with E-state index in [1.165, 1.54) is 10.8 Å². The average Bonchev–Trinajstić information content (AvgIpc) is 3.38. The molecule has 0 bridgehead atoms. The maximum Gasteiger partial charge on any atom is 0.160 e. The third-order valence-corrected chi connectivity index (χ3v) is 8.30. The van der Waals surface area contributed by atoms with Gasteiger partial charge in [0.2, 0.25) is 0 Å². The summed E-state index contributed by atoms with van der Waals surface area (Å²) in [5.41, 5.74) is 6.99. The highest BCUT2D eigenvalue weighted by Gasteiger charge is 2.23. The fourth-order valence-corrected chi connectivity index (χ4v) is 6.25. The van der Waals surface area contributed by atoms with Gasteiger partial charge in [-0.2, -0.15) is 0 Å². The number of fused-ring (bicyclic) bond motifs is 4. The van der Waals surface area contributed by atoms with Crippen molar-refractivity contribution < 1.29 is 4.42 Å². The summed E-state index contributed by atoms with van der Waals surface area (Å²) in [6.45, 7) is 0. The number of benzene rings is 6. The van der Waals surface area contributed by atoms with Crippen LogP contribution >= 0.6 is 31.9 Å². The molecule has 0 saturated heterocycles. The van der Waals surface area contributed by atoms with Crippen molar-refractivity contribution in [3.63, 3.8) is 0 Å². The lowest BCUT2D eigenvalue weighted by Crippen LogP contribution is -2.10. The quantitative estimate of drug-likeness (QED) is 0.195. The van der Waals surface area contributed by atoms with Crippen molar-refractivity contribution in [1.29, 1.82) is 0 Å². The van der Waals surface area contributed by atoms with E-state index in [4.69, 9.17) is 4.42 Å². The molecule has 2 nitrogen and oxygen atoms in total. The monoisotopic (exact) mass is 617 g/mol. The molecular formula is C34H21Br2NO. The van der Waals surface area contributed by atoms with Gasteiger partial charge in [-0.1, -0.05) is 111 Å². The number of hydrogen-bond acceptors (Lipinski definition) is 2. The van der Waals surface area contributed by atoms with Crippen molar-refractivity contribution in [2.75, 3.05) is 4.90 Å². The van der Waals surface area contributed by atoms with Gasteiger partial charge < -0.3 is 9.32 Å². The van der Waals surface area contributed by atoms with Crippen LogP contribution in [-0.4, -0.2) is 0 Å². The van der Waals surface area contributed by atoms with Crippen LogP contribution in [0.3, 0.4) is 0 Å². The normalized spacial score (nSPS) is 11.4. The van der Waals surface area contributed by atoms with Crippen LogP contribution < -0.4 is 4.90 Å². The number of rotatable bonds is 4. The van der Waals surface area contributed by atoms with E-state index in [0.29, 0.717) is 0 Å². The zero-order valence-corrected chi connectivity index (χ0v) is 23.4. The lowest BCUT2D eigenvalue weighted by atomic mass is 10.0. The van der Waals surface area contributed by atoms with Gasteiger partial charge in [0.05, 0.1) is 5.69 Å². The maximum atomic E-state index is 6.84. The molecule has 0 fully saturated rings. The SMILES string of the molecule is Brc1ccc(-c2ccccc2)c2oc3c(N(c4ccccc4)c4ccc5ccccc5c4)ccc(Br)c3c12. The summed E-state index contributed by atoms with van der Waals surface area (Å²) in [5, 5.41) is 4.51. The zero-order chi connectivity index (χ0) is 25.6. The molecule has 6 aromatic carbocycles. The second-order valence-electron chi connectivity index (χ2n) is 9.24. The van der Waals surface area contributed by atoms with Crippen LogP contribution in [0.2, 0.25) is 0 Å². The molecule has 0 saturated carbocycles. The summed E-state index contributed by atoms with van der Waals surface area (Å²) in [6.07, 6.45) is 0. The smallest absolute Gasteiger partial charge is 0.160 e. The molecule has 7 rings (SSSR count). The lowest BCUT2D eigenvalue weighted by Gasteiger charge is -2.26. The molecule has 1 aromatic heterocycles. The maximum absolute atomic E-state index is 6.84. The van der Waals surface area contributed by atoms with Gasteiger partial charge in [-0.15, -0.1) is 0 Å². The molecular weight excluding hydrogens is 598 g/mol. The molecule has 0 aliphatic carbocycles. The van der Waals surface area contributed by atoms with E-state index in [1.807, 2.05) is 12.1 Å². The van der Waals surface area contributed by atoms with Crippen molar-refractivity contribution in [3.05, 3.63) is 136 Å². The summed E-state index contributed by atoms with van der Waals surface area (Å²) in [4.78, 5) is 2.28. The van der Waals surface area contributed by atoms with E-state index in [0.717, 1.165) is 59.1 Å². The van der Waals surface area contributed by atoms with E-state index in [1.54, 1.807) is 0 Å². The third kappa shape index (κ3) is 3.84. The second-order valence-corrected chi connectivity index (χ2v) is 10.9. The Hall–Kier alpha value is -3.86. The summed E-state index contributed by atoms with van der Waals surface area (Å²) >= 11 is 7.66. The number of hydrogen-bond donors (Lipinski definition) is 0. The first-order valence-corrected chi connectivity index (χ1v) is 14.0. The largest absolute Gasteiger partial charge is 0.453 e. The molecule has 1 heterocycles. The minimum absolute atomic E-state index is 0.829. The van der Waals surface area contributed by atoms with Crippen LogP contribution in [0.15, 0.2) is 141 Å². The van der Waals surface area contributed by atoms with Gasteiger partial charge in [-0.3, -0.25) is 0 Å². The van der Waals surface area contributed by atoms with Crippen LogP contribution in [0.25, 0.3) is 43.8 Å². The topological polar surface area (TPSA) is 16.4 Å². The number of furan rings is 1. The first-order chi connectivity index (χ1) is 18.7. The van der Waals surface area contributed by atoms with E-state index in [9.17, 15) is 0 Å². The first kappa shape index (κ1) is 23.3. The first-order valence-electron chi connectivity index (χ1n) is 12.4. The van der Waals surface area contributed by atoms with Gasteiger partial charge in [0.15, 0.2) is 5.58 Å². The van der Waals surface area contributed by atoms with Gasteiger partial charge in [-0.25, -0.2) is 0 Å². The summed E-state index contributed by atoms with van der Waals surface area (Å²) in [7, 11) is 0. The summed E-state index contributed by atoms with van der Waals surface area (Å²) in [5.74, 6) is 0. The van der Waals surface area contributed by atoms with Crippen molar-refractivity contribution >= 4 is 81.6 Å². The van der Waals surface area contributed by atoms with Gasteiger partial charge in [0.1, 0.15) is 5.58 Å². The summed E-state index contributed by atoms with van der Waals surface area (Å²) < 4.78 is 8.83. The molecule has 4 heteroatoms. The average molecular weight is 619 g/mol. The fourth-order valence-electron chi connectivity index (χ4n) is 5.22. The van der Waals surface area contributed by atoms with E-state index < -0.39 is 0 Å². The van der Waals surface area contributed by atoms with Crippen LogP contribution in [0, 0.1) is 0 Å². The van der Waals surface area contributed by atoms with Gasteiger partial charge in [0.25, 0.3) is 0 Å². The highest BCUT2D eigenvalue weighted by molar-refractivity contribution is 9.11. The second kappa shape index (κ2) is 9.46. The van der Waals surface area contributed by atoms with Crippen molar-refractivity contribution in [2.45, 2.75) is 0 Å². The number of halogens is 2. The molecule has 0 aliphatic heterocycles. The van der Waals surface area contributed by atoms with Crippen LogP contribution in [0.4, 0.5) is 17.1 Å². The summed E-state index contributed by atoms with van der Waals surface area (Å²) in [6, 6.07) is 44.4. The van der Waals surface area contributed by atoms with Gasteiger partial charge in [-0.05, 0) is 64.9 Å². The Balaban J connectivity index is 1.55. The predicted molar refractivity (Wildman–Crippen MR) is 167 cm³/mol. The standard InChI is InChI=1S/C34H21Br2NO/c35-28-18-17-27(23-10-3-1-4-11-23)33-31(28)32-29(36)19-20-30(34(32)38-33)37(25-13-5-2-6-14-25)26-16-15-22-9-7-8-12-24(22)21-26/h1-21H. The molecule has 0 amide bonds. The van der Waals surface area contributed by atoms with E-state index >= 15 is 0 Å². The number of anilines is 3. The Bertz CT molecular complexity index is 1950. The van der Waals surface area contributed by atoms with Crippen LogP contribution in [0.1, 0.15) is 0 Å². The highest BCUT2D eigenvalue weighted by Crippen LogP contribution is 2.48. The Kier molecular flexibility index (Phi) is 5.80. The lowest BCUT2D eigenvalue weighted by molar-refractivity contribution is 0.670. The minimum atomic E-state index is 0.829. The molecule has 0 aliphatic rings. The predicted octanol–water partition coefficient (Wildman–Crippen LogP) is 11.4. The van der Waals surface area contributed by atoms with Crippen molar-refractivity contribution in [3.8, 4) is 11.1 Å². The number of nitrogens with zero attached hydrogens (tertiary/aromatic N) is 1. The highest BCUT2D eigenvalue weighted by atomic mass is 79.9. The Morgan fingerprint density at radius 2 is 1.13 bits per heavy atom. The zero-order valence-electron chi connectivity index (χ0n) is 20.2. The molecule has 0 N–H and O–H groups in total. The molecule has 182 valence electrons. The fraction of sp³-hybridized carbons (Fsp3) is 0.